The predicted octanol–water partition coefficient (Wildman–Crippen LogP) is 0.912. The molecule has 6 nitrogen and oxygen atoms in total. The molecule has 1 saturated heterocycles. The average molecular weight is 239 g/mol. The number of aryl methyl sites for hydroxylation is 1. The highest BCUT2D eigenvalue weighted by Gasteiger charge is 2.26. The summed E-state index contributed by atoms with van der Waals surface area (Å²) in [6.45, 7) is 5.23. The van der Waals surface area contributed by atoms with E-state index in [1.165, 1.54) is 0 Å². The van der Waals surface area contributed by atoms with Crippen LogP contribution >= 0.6 is 0 Å². The highest BCUT2D eigenvalue weighted by molar-refractivity contribution is 5.92. The third-order valence-electron chi connectivity index (χ3n) is 2.86. The van der Waals surface area contributed by atoms with Crippen LogP contribution in [0.15, 0.2) is 0 Å². The molecule has 0 aromatic carbocycles. The molecule has 2 heterocycles. The number of esters is 1. The maximum atomic E-state index is 11.6. The zero-order valence-electron chi connectivity index (χ0n) is 10.1. The van der Waals surface area contributed by atoms with Crippen molar-refractivity contribution >= 4 is 11.8 Å². The molecular formula is C11H17N3O3. The molecule has 17 heavy (non-hydrogen) atoms. The normalized spacial score (nSPS) is 19.5. The molecule has 1 aliphatic rings. The standard InChI is InChI=1S/C11H17N3O3/c1-3-17-11(15)9-10(12)14(7(2)13-9)8-4-5-16-6-8/h8H,3-6,12H2,1-2H3. The SMILES string of the molecule is CCOC(=O)c1nc(C)n(C2CCOC2)c1N. The summed E-state index contributed by atoms with van der Waals surface area (Å²) in [7, 11) is 0. The van der Waals surface area contributed by atoms with E-state index >= 15 is 0 Å². The minimum Gasteiger partial charge on any atom is -0.461 e. The van der Waals surface area contributed by atoms with E-state index in [0.717, 1.165) is 18.9 Å². The fraction of sp³-hybridized carbons (Fsp3) is 0.636. The highest BCUT2D eigenvalue weighted by Crippen LogP contribution is 2.26. The van der Waals surface area contributed by atoms with Crippen LogP contribution in [0.25, 0.3) is 0 Å². The second-order valence-corrected chi connectivity index (χ2v) is 4.00. The molecule has 1 atom stereocenters. The fourth-order valence-electron chi connectivity index (χ4n) is 2.10. The minimum absolute atomic E-state index is 0.172. The van der Waals surface area contributed by atoms with Crippen LogP contribution < -0.4 is 5.73 Å². The third-order valence-corrected chi connectivity index (χ3v) is 2.86. The van der Waals surface area contributed by atoms with Crippen molar-refractivity contribution in [3.63, 3.8) is 0 Å². The molecule has 1 aromatic heterocycles. The first-order valence-electron chi connectivity index (χ1n) is 5.74. The summed E-state index contributed by atoms with van der Waals surface area (Å²) in [5.41, 5.74) is 6.16. The number of rotatable bonds is 3. The van der Waals surface area contributed by atoms with Crippen LogP contribution in [0.2, 0.25) is 0 Å². The molecule has 0 saturated carbocycles. The van der Waals surface area contributed by atoms with Crippen LogP contribution in [0.1, 0.15) is 35.7 Å². The Morgan fingerprint density at radius 2 is 2.47 bits per heavy atom. The van der Waals surface area contributed by atoms with E-state index in [1.807, 2.05) is 11.5 Å². The van der Waals surface area contributed by atoms with Gasteiger partial charge in [-0.2, -0.15) is 0 Å². The fourth-order valence-corrected chi connectivity index (χ4v) is 2.10. The lowest BCUT2D eigenvalue weighted by Gasteiger charge is -2.13. The predicted molar refractivity (Wildman–Crippen MR) is 61.8 cm³/mol. The Morgan fingerprint density at radius 1 is 1.71 bits per heavy atom. The number of carbonyl (C=O) groups excluding carboxylic acids is 1. The molecule has 1 aromatic rings. The van der Waals surface area contributed by atoms with Gasteiger partial charge in [-0.3, -0.25) is 0 Å². The molecular weight excluding hydrogens is 222 g/mol. The number of hydrogen-bond donors (Lipinski definition) is 1. The van der Waals surface area contributed by atoms with Crippen molar-refractivity contribution in [2.45, 2.75) is 26.3 Å². The molecule has 2 N–H and O–H groups in total. The van der Waals surface area contributed by atoms with E-state index in [1.54, 1.807) is 6.92 Å². The first-order chi connectivity index (χ1) is 8.15. The molecule has 1 unspecified atom stereocenters. The Kier molecular flexibility index (Phi) is 3.33. The maximum Gasteiger partial charge on any atom is 0.360 e. The van der Waals surface area contributed by atoms with Crippen molar-refractivity contribution in [2.75, 3.05) is 25.6 Å². The number of nitrogens with two attached hydrogens (primary N) is 1. The van der Waals surface area contributed by atoms with Crippen molar-refractivity contribution in [1.29, 1.82) is 0 Å². The van der Waals surface area contributed by atoms with Crippen LogP contribution in [0.5, 0.6) is 0 Å². The smallest absolute Gasteiger partial charge is 0.360 e. The van der Waals surface area contributed by atoms with Crippen LogP contribution in [-0.2, 0) is 9.47 Å². The van der Waals surface area contributed by atoms with E-state index in [0.29, 0.717) is 19.0 Å². The van der Waals surface area contributed by atoms with E-state index in [-0.39, 0.29) is 11.7 Å². The number of imidazole rings is 1. The summed E-state index contributed by atoms with van der Waals surface area (Å²) in [5, 5.41) is 0. The van der Waals surface area contributed by atoms with Gasteiger partial charge >= 0.3 is 5.97 Å². The van der Waals surface area contributed by atoms with Crippen LogP contribution in [0.4, 0.5) is 5.82 Å². The molecule has 0 radical (unpaired) electrons. The second kappa shape index (κ2) is 4.75. The number of nitrogen functional groups attached to an aromatic ring is 1. The Hall–Kier alpha value is -1.56. The summed E-state index contributed by atoms with van der Waals surface area (Å²) >= 11 is 0. The third kappa shape index (κ3) is 2.12. The molecule has 0 spiro atoms. The lowest BCUT2D eigenvalue weighted by Crippen LogP contribution is -2.14. The Balaban J connectivity index is 2.31. The largest absolute Gasteiger partial charge is 0.461 e. The zero-order chi connectivity index (χ0) is 12.4. The zero-order valence-corrected chi connectivity index (χ0v) is 10.1. The number of anilines is 1. The van der Waals surface area contributed by atoms with Gasteiger partial charge in [-0.1, -0.05) is 0 Å². The van der Waals surface area contributed by atoms with Gasteiger partial charge in [-0.15, -0.1) is 0 Å². The molecule has 6 heteroatoms. The molecule has 1 fully saturated rings. The lowest BCUT2D eigenvalue weighted by atomic mass is 10.2. The van der Waals surface area contributed by atoms with E-state index in [2.05, 4.69) is 4.98 Å². The summed E-state index contributed by atoms with van der Waals surface area (Å²) in [6.07, 6.45) is 0.893. The van der Waals surface area contributed by atoms with Gasteiger partial charge in [0.05, 0.1) is 19.3 Å². The van der Waals surface area contributed by atoms with E-state index in [9.17, 15) is 4.79 Å². The van der Waals surface area contributed by atoms with Crippen LogP contribution in [-0.4, -0.2) is 35.3 Å². The van der Waals surface area contributed by atoms with Crippen molar-refractivity contribution < 1.29 is 14.3 Å². The second-order valence-electron chi connectivity index (χ2n) is 4.00. The molecule has 94 valence electrons. The number of hydrogen-bond acceptors (Lipinski definition) is 5. The number of aromatic nitrogens is 2. The summed E-state index contributed by atoms with van der Waals surface area (Å²) in [4.78, 5) is 15.8. The maximum absolute atomic E-state index is 11.6. The topological polar surface area (TPSA) is 79.4 Å². The summed E-state index contributed by atoms with van der Waals surface area (Å²) in [5.74, 6) is 0.628. The number of carbonyl (C=O) groups is 1. The average Bonchev–Trinajstić information content (AvgIpc) is 2.87. The Labute approximate surface area is 99.7 Å². The van der Waals surface area contributed by atoms with Crippen molar-refractivity contribution in [3.8, 4) is 0 Å². The summed E-state index contributed by atoms with van der Waals surface area (Å²) in [6, 6.07) is 0.172. The van der Waals surface area contributed by atoms with Gasteiger partial charge in [0.1, 0.15) is 11.6 Å². The van der Waals surface area contributed by atoms with Gasteiger partial charge in [0, 0.05) is 6.61 Å². The molecule has 1 aliphatic heterocycles. The monoisotopic (exact) mass is 239 g/mol. The molecule has 2 rings (SSSR count). The Morgan fingerprint density at radius 3 is 3.06 bits per heavy atom. The summed E-state index contributed by atoms with van der Waals surface area (Å²) < 4.78 is 12.1. The van der Waals surface area contributed by atoms with E-state index < -0.39 is 5.97 Å². The molecule has 0 aliphatic carbocycles. The lowest BCUT2D eigenvalue weighted by molar-refractivity contribution is 0.0521. The molecule has 0 amide bonds. The number of ether oxygens (including phenoxy) is 2. The Bertz CT molecular complexity index is 422. The van der Waals surface area contributed by atoms with Gasteiger partial charge < -0.3 is 19.8 Å². The minimum atomic E-state index is -0.467. The first kappa shape index (κ1) is 11.9. The van der Waals surface area contributed by atoms with Crippen molar-refractivity contribution in [1.82, 2.24) is 9.55 Å². The van der Waals surface area contributed by atoms with Gasteiger partial charge in [0.2, 0.25) is 0 Å². The van der Waals surface area contributed by atoms with Gasteiger partial charge in [-0.05, 0) is 20.3 Å². The highest BCUT2D eigenvalue weighted by atomic mass is 16.5. The van der Waals surface area contributed by atoms with Gasteiger partial charge in [0.25, 0.3) is 0 Å². The van der Waals surface area contributed by atoms with Crippen molar-refractivity contribution in [2.24, 2.45) is 0 Å². The number of nitrogens with zero attached hydrogens (tertiary/aromatic N) is 2. The molecule has 0 bridgehead atoms. The van der Waals surface area contributed by atoms with Crippen molar-refractivity contribution in [3.05, 3.63) is 11.5 Å². The first-order valence-corrected chi connectivity index (χ1v) is 5.74. The van der Waals surface area contributed by atoms with Gasteiger partial charge in [0.15, 0.2) is 5.69 Å². The van der Waals surface area contributed by atoms with Crippen LogP contribution in [0.3, 0.4) is 0 Å². The van der Waals surface area contributed by atoms with E-state index in [4.69, 9.17) is 15.2 Å². The van der Waals surface area contributed by atoms with Crippen LogP contribution in [0, 0.1) is 6.92 Å². The van der Waals surface area contributed by atoms with Gasteiger partial charge in [-0.25, -0.2) is 9.78 Å². The quantitative estimate of drug-likeness (QED) is 0.793.